The summed E-state index contributed by atoms with van der Waals surface area (Å²) in [6.45, 7) is 0. The minimum atomic E-state index is 0.361. The highest BCUT2D eigenvalue weighted by Gasteiger charge is 2.24. The second-order valence-corrected chi connectivity index (χ2v) is 5.96. The van der Waals surface area contributed by atoms with Crippen molar-refractivity contribution in [3.05, 3.63) is 22.2 Å². The Labute approximate surface area is 123 Å². The maximum Gasteiger partial charge on any atom is 0.161 e. The molecule has 0 aliphatic heterocycles. The Kier molecular flexibility index (Phi) is 5.11. The van der Waals surface area contributed by atoms with E-state index in [0.29, 0.717) is 6.04 Å². The van der Waals surface area contributed by atoms with Crippen LogP contribution >= 0.6 is 15.9 Å². The first kappa shape index (κ1) is 14.7. The molecule has 3 nitrogen and oxygen atoms in total. The van der Waals surface area contributed by atoms with Crippen LogP contribution in [0.3, 0.4) is 0 Å². The van der Waals surface area contributed by atoms with E-state index in [2.05, 4.69) is 27.3 Å². The molecular formula is C15H22BrNO2. The molecule has 1 aliphatic carbocycles. The van der Waals surface area contributed by atoms with Gasteiger partial charge in [0.2, 0.25) is 0 Å². The molecule has 0 amide bonds. The van der Waals surface area contributed by atoms with Gasteiger partial charge in [-0.1, -0.05) is 35.2 Å². The maximum absolute atomic E-state index is 5.40. The lowest BCUT2D eigenvalue weighted by Gasteiger charge is -2.30. The minimum Gasteiger partial charge on any atom is -0.493 e. The van der Waals surface area contributed by atoms with Crippen LogP contribution in [0, 0.1) is 5.92 Å². The molecule has 0 saturated heterocycles. The number of hydrogen-bond acceptors (Lipinski definition) is 3. The van der Waals surface area contributed by atoms with E-state index < -0.39 is 0 Å². The molecule has 4 heteroatoms. The van der Waals surface area contributed by atoms with Crippen molar-refractivity contribution in [3.8, 4) is 11.5 Å². The molecule has 0 heterocycles. The number of rotatable bonds is 6. The Hall–Kier alpha value is -0.740. The van der Waals surface area contributed by atoms with Crippen molar-refractivity contribution in [3.63, 3.8) is 0 Å². The number of benzene rings is 1. The van der Waals surface area contributed by atoms with E-state index in [0.717, 1.165) is 21.9 Å². The number of halogens is 1. The van der Waals surface area contributed by atoms with Crippen LogP contribution in [0.4, 0.5) is 0 Å². The van der Waals surface area contributed by atoms with Gasteiger partial charge < -0.3 is 14.8 Å². The molecule has 1 fully saturated rings. The summed E-state index contributed by atoms with van der Waals surface area (Å²) < 4.78 is 11.8. The summed E-state index contributed by atoms with van der Waals surface area (Å²) in [6, 6.07) is 4.42. The van der Waals surface area contributed by atoms with Gasteiger partial charge in [0.1, 0.15) is 0 Å². The minimum absolute atomic E-state index is 0.361. The fraction of sp³-hybridized carbons (Fsp3) is 0.600. The SMILES string of the molecule is CNC(CC1CCC1)c1cc(OC)c(OC)cc1Br. The highest BCUT2D eigenvalue weighted by atomic mass is 79.9. The molecule has 0 bridgehead atoms. The van der Waals surface area contributed by atoms with Crippen LogP contribution in [0.2, 0.25) is 0 Å². The van der Waals surface area contributed by atoms with Crippen LogP contribution in [-0.4, -0.2) is 21.3 Å². The topological polar surface area (TPSA) is 30.5 Å². The van der Waals surface area contributed by atoms with Gasteiger partial charge in [-0.15, -0.1) is 0 Å². The van der Waals surface area contributed by atoms with Gasteiger partial charge in [0.05, 0.1) is 14.2 Å². The van der Waals surface area contributed by atoms with E-state index in [4.69, 9.17) is 9.47 Å². The van der Waals surface area contributed by atoms with Gasteiger partial charge in [0.25, 0.3) is 0 Å². The summed E-state index contributed by atoms with van der Waals surface area (Å²) in [4.78, 5) is 0. The number of hydrogen-bond donors (Lipinski definition) is 1. The molecule has 1 unspecified atom stereocenters. The quantitative estimate of drug-likeness (QED) is 0.859. The molecular weight excluding hydrogens is 306 g/mol. The van der Waals surface area contributed by atoms with Crippen molar-refractivity contribution in [2.24, 2.45) is 5.92 Å². The Morgan fingerprint density at radius 2 is 1.89 bits per heavy atom. The fourth-order valence-electron chi connectivity index (χ4n) is 2.60. The molecule has 0 spiro atoms. The van der Waals surface area contributed by atoms with E-state index in [1.807, 2.05) is 13.1 Å². The van der Waals surface area contributed by atoms with E-state index in [-0.39, 0.29) is 0 Å². The molecule has 0 aromatic heterocycles. The first-order valence-corrected chi connectivity index (χ1v) is 7.57. The van der Waals surface area contributed by atoms with Crippen molar-refractivity contribution in [2.45, 2.75) is 31.7 Å². The van der Waals surface area contributed by atoms with Crippen molar-refractivity contribution in [1.29, 1.82) is 0 Å². The van der Waals surface area contributed by atoms with Crippen molar-refractivity contribution in [1.82, 2.24) is 5.32 Å². The predicted molar refractivity (Wildman–Crippen MR) is 81.0 cm³/mol. The Morgan fingerprint density at radius 3 is 2.37 bits per heavy atom. The molecule has 1 atom stereocenters. The average molecular weight is 328 g/mol. The van der Waals surface area contributed by atoms with Crippen LogP contribution in [-0.2, 0) is 0 Å². The highest BCUT2D eigenvalue weighted by molar-refractivity contribution is 9.10. The molecule has 1 N–H and O–H groups in total. The summed E-state index contributed by atoms with van der Waals surface area (Å²) in [6.07, 6.45) is 5.30. The molecule has 106 valence electrons. The monoisotopic (exact) mass is 327 g/mol. The summed E-state index contributed by atoms with van der Waals surface area (Å²) in [5.41, 5.74) is 1.24. The van der Waals surface area contributed by atoms with Gasteiger partial charge in [0.15, 0.2) is 11.5 Å². The zero-order valence-electron chi connectivity index (χ0n) is 11.8. The third-order valence-corrected chi connectivity index (χ3v) is 4.71. The first-order chi connectivity index (χ1) is 9.19. The van der Waals surface area contributed by atoms with Crippen molar-refractivity contribution < 1.29 is 9.47 Å². The summed E-state index contributed by atoms with van der Waals surface area (Å²) in [5.74, 6) is 2.41. The van der Waals surface area contributed by atoms with E-state index >= 15 is 0 Å². The van der Waals surface area contributed by atoms with Crippen molar-refractivity contribution in [2.75, 3.05) is 21.3 Å². The molecule has 1 aromatic rings. The van der Waals surface area contributed by atoms with Gasteiger partial charge >= 0.3 is 0 Å². The molecule has 1 aromatic carbocycles. The molecule has 1 aliphatic rings. The number of nitrogens with one attached hydrogen (secondary N) is 1. The average Bonchev–Trinajstić information content (AvgIpc) is 2.38. The predicted octanol–water partition coefficient (Wildman–Crippen LogP) is 3.92. The second-order valence-electron chi connectivity index (χ2n) is 5.10. The Bertz CT molecular complexity index is 432. The van der Waals surface area contributed by atoms with Crippen LogP contribution in [0.1, 0.15) is 37.3 Å². The van der Waals surface area contributed by atoms with Crippen LogP contribution in [0.25, 0.3) is 0 Å². The van der Waals surface area contributed by atoms with Crippen LogP contribution in [0.5, 0.6) is 11.5 Å². The smallest absolute Gasteiger partial charge is 0.161 e. The standard InChI is InChI=1S/C15H22BrNO2/c1-17-13(7-10-5-4-6-10)11-8-14(18-2)15(19-3)9-12(11)16/h8-10,13,17H,4-7H2,1-3H3. The lowest BCUT2D eigenvalue weighted by Crippen LogP contribution is -2.23. The number of methoxy groups -OCH3 is 2. The zero-order valence-corrected chi connectivity index (χ0v) is 13.4. The van der Waals surface area contributed by atoms with Gasteiger partial charge in [-0.05, 0) is 37.1 Å². The van der Waals surface area contributed by atoms with E-state index in [9.17, 15) is 0 Å². The summed E-state index contributed by atoms with van der Waals surface area (Å²) >= 11 is 3.65. The summed E-state index contributed by atoms with van der Waals surface area (Å²) in [5, 5.41) is 3.42. The Morgan fingerprint density at radius 1 is 1.26 bits per heavy atom. The van der Waals surface area contributed by atoms with Gasteiger partial charge in [-0.3, -0.25) is 0 Å². The van der Waals surface area contributed by atoms with Crippen molar-refractivity contribution >= 4 is 15.9 Å². The van der Waals surface area contributed by atoms with Gasteiger partial charge in [0, 0.05) is 10.5 Å². The normalized spacial score (nSPS) is 16.8. The highest BCUT2D eigenvalue weighted by Crippen LogP contribution is 2.40. The molecule has 1 saturated carbocycles. The lowest BCUT2D eigenvalue weighted by molar-refractivity contribution is 0.265. The third-order valence-electron chi connectivity index (χ3n) is 4.02. The maximum atomic E-state index is 5.40. The lowest BCUT2D eigenvalue weighted by atomic mass is 9.79. The van der Waals surface area contributed by atoms with Gasteiger partial charge in [-0.25, -0.2) is 0 Å². The molecule has 0 radical (unpaired) electrons. The fourth-order valence-corrected chi connectivity index (χ4v) is 3.20. The largest absolute Gasteiger partial charge is 0.493 e. The van der Waals surface area contributed by atoms with Gasteiger partial charge in [-0.2, -0.15) is 0 Å². The number of ether oxygens (including phenoxy) is 2. The summed E-state index contributed by atoms with van der Waals surface area (Å²) in [7, 11) is 5.36. The zero-order chi connectivity index (χ0) is 13.8. The van der Waals surface area contributed by atoms with Crippen LogP contribution in [0.15, 0.2) is 16.6 Å². The second kappa shape index (κ2) is 6.62. The van der Waals surface area contributed by atoms with Crippen LogP contribution < -0.4 is 14.8 Å². The Balaban J connectivity index is 2.25. The molecule has 19 heavy (non-hydrogen) atoms. The first-order valence-electron chi connectivity index (χ1n) is 6.78. The van der Waals surface area contributed by atoms with E-state index in [1.54, 1.807) is 14.2 Å². The third kappa shape index (κ3) is 3.23. The molecule has 2 rings (SSSR count). The van der Waals surface area contributed by atoms with E-state index in [1.165, 1.54) is 31.2 Å².